The molecule has 2 N–H and O–H groups in total. The lowest BCUT2D eigenvalue weighted by atomic mass is 10.0. The average Bonchev–Trinajstić information content (AvgIpc) is 3.56. The van der Waals surface area contributed by atoms with Gasteiger partial charge in [0.15, 0.2) is 5.78 Å². The fourth-order valence-corrected chi connectivity index (χ4v) is 4.70. The number of nitrogens with zero attached hydrogens (tertiary/aromatic N) is 1. The molecule has 42 heavy (non-hydrogen) atoms. The molecule has 0 aliphatic carbocycles. The van der Waals surface area contributed by atoms with E-state index in [0.29, 0.717) is 18.6 Å². The van der Waals surface area contributed by atoms with Gasteiger partial charge in [0, 0.05) is 47.3 Å². The Labute approximate surface area is 258 Å². The Morgan fingerprint density at radius 1 is 1.24 bits per heavy atom. The Balaban J connectivity index is 0.000000883. The summed E-state index contributed by atoms with van der Waals surface area (Å²) in [5.41, 5.74) is 5.27. The average molecular weight is 600 g/mol. The molecule has 2 aromatic heterocycles. The zero-order chi connectivity index (χ0) is 32.1. The number of ether oxygens (including phenoxy) is 2. The molecule has 2 rings (SSSR count). The molecular formula is C34H53N3O4S. The van der Waals surface area contributed by atoms with Gasteiger partial charge in [-0.15, -0.1) is 11.3 Å². The Bertz CT molecular complexity index is 1170. The Hall–Kier alpha value is -3.07. The Morgan fingerprint density at radius 3 is 2.43 bits per heavy atom. The van der Waals surface area contributed by atoms with Crippen LogP contribution in [0.1, 0.15) is 97.3 Å². The largest absolute Gasteiger partial charge is 0.382 e. The highest BCUT2D eigenvalue weighted by molar-refractivity contribution is 7.11. The number of aryl methyl sites for hydroxylation is 1. The fraction of sp³-hybridized carbons (Fsp3) is 0.500. The van der Waals surface area contributed by atoms with Crippen molar-refractivity contribution in [2.75, 3.05) is 13.7 Å². The third-order valence-corrected chi connectivity index (χ3v) is 6.85. The number of carbonyl (C=O) groups excluding carboxylic acids is 2. The first-order valence-electron chi connectivity index (χ1n) is 14.6. The second kappa shape index (κ2) is 21.6. The number of aromatic nitrogens is 2. The molecule has 1 amide bonds. The fourth-order valence-electron chi connectivity index (χ4n) is 3.90. The zero-order valence-corrected chi connectivity index (χ0v) is 28.2. The third-order valence-electron chi connectivity index (χ3n) is 5.87. The van der Waals surface area contributed by atoms with Gasteiger partial charge in [-0.3, -0.25) is 9.59 Å². The monoisotopic (exact) mass is 599 g/mol. The topological polar surface area (TPSA) is 93.3 Å². The molecule has 1 atom stereocenters. The number of Topliss-reactive ketones (excluding diaryl/α,β-unsaturated/α-hetero) is 1. The summed E-state index contributed by atoms with van der Waals surface area (Å²) in [6, 6.07) is 0. The van der Waals surface area contributed by atoms with Gasteiger partial charge in [0.25, 0.3) is 0 Å². The molecule has 0 bridgehead atoms. The van der Waals surface area contributed by atoms with E-state index in [0.717, 1.165) is 52.4 Å². The molecule has 0 aromatic carbocycles. The highest BCUT2D eigenvalue weighted by Gasteiger charge is 2.21. The van der Waals surface area contributed by atoms with Crippen LogP contribution in [0.15, 0.2) is 48.2 Å². The molecule has 8 heteroatoms. The summed E-state index contributed by atoms with van der Waals surface area (Å²) in [6.45, 7) is 22.6. The van der Waals surface area contributed by atoms with Gasteiger partial charge in [-0.2, -0.15) is 0 Å². The molecule has 0 aliphatic heterocycles. The number of aromatic amines is 1. The minimum Gasteiger partial charge on any atom is -0.382 e. The lowest BCUT2D eigenvalue weighted by molar-refractivity contribution is -0.113. The van der Waals surface area contributed by atoms with Crippen molar-refractivity contribution >= 4 is 35.2 Å². The van der Waals surface area contributed by atoms with Gasteiger partial charge in [-0.05, 0) is 59.1 Å². The number of H-pyrrole nitrogens is 1. The molecular weight excluding hydrogens is 546 g/mol. The van der Waals surface area contributed by atoms with Gasteiger partial charge in [-0.25, -0.2) is 4.98 Å². The summed E-state index contributed by atoms with van der Waals surface area (Å²) in [5.74, 6) is -0.131. The maximum atomic E-state index is 11.7. The number of allylic oxidation sites excluding steroid dienone is 5. The standard InChI is InChI=1S/C20H21N3O2S.C11H24O2.C3H8/c1-5-6-7-17-14(3)22-10-18(17)19-11-26-20(23-19)13(2)8-16(15(4)25)9-21-12-24;1-6-8-11(3,4)13-10(7-2)9-12-5;1-3-2/h5-12,22H,1H2,2-4H3,(H,21,24);10H,6-9H2,1-5H3;3H2,1-2H3/b7-6-,13-8+,16-9+;;. The lowest BCUT2D eigenvalue weighted by Crippen LogP contribution is -2.32. The van der Waals surface area contributed by atoms with Crippen LogP contribution < -0.4 is 5.32 Å². The van der Waals surface area contributed by atoms with Gasteiger partial charge in [-0.1, -0.05) is 65.3 Å². The van der Waals surface area contributed by atoms with Crippen molar-refractivity contribution in [1.82, 2.24) is 15.3 Å². The van der Waals surface area contributed by atoms with E-state index in [9.17, 15) is 9.59 Å². The van der Waals surface area contributed by atoms with Crippen LogP contribution in [0.25, 0.3) is 22.9 Å². The van der Waals surface area contributed by atoms with E-state index in [2.05, 4.69) is 58.4 Å². The van der Waals surface area contributed by atoms with Crippen molar-refractivity contribution in [3.05, 3.63) is 64.4 Å². The number of carbonyl (C=O) groups is 2. The molecule has 0 saturated heterocycles. The summed E-state index contributed by atoms with van der Waals surface area (Å²) in [7, 11) is 1.72. The van der Waals surface area contributed by atoms with Gasteiger partial charge in [0.05, 0.1) is 24.0 Å². The van der Waals surface area contributed by atoms with Gasteiger partial charge >= 0.3 is 0 Å². The molecule has 2 heterocycles. The van der Waals surface area contributed by atoms with Crippen molar-refractivity contribution in [3.8, 4) is 11.3 Å². The van der Waals surface area contributed by atoms with Crippen molar-refractivity contribution in [3.63, 3.8) is 0 Å². The Kier molecular flexibility index (Phi) is 20.0. The van der Waals surface area contributed by atoms with Crippen molar-refractivity contribution < 1.29 is 19.1 Å². The van der Waals surface area contributed by atoms with E-state index in [1.54, 1.807) is 19.3 Å². The number of hydrogen-bond donors (Lipinski definition) is 2. The van der Waals surface area contributed by atoms with E-state index >= 15 is 0 Å². The van der Waals surface area contributed by atoms with E-state index in [-0.39, 0.29) is 17.5 Å². The summed E-state index contributed by atoms with van der Waals surface area (Å²) < 4.78 is 11.0. The lowest BCUT2D eigenvalue weighted by Gasteiger charge is -2.30. The van der Waals surface area contributed by atoms with Crippen LogP contribution in [0, 0.1) is 6.92 Å². The maximum Gasteiger partial charge on any atom is 0.211 e. The number of thiazole rings is 1. The van der Waals surface area contributed by atoms with Gasteiger partial charge < -0.3 is 19.8 Å². The van der Waals surface area contributed by atoms with E-state index in [1.165, 1.54) is 30.9 Å². The summed E-state index contributed by atoms with van der Waals surface area (Å²) in [4.78, 5) is 30.0. The summed E-state index contributed by atoms with van der Waals surface area (Å²) in [6.07, 6.45) is 16.0. The summed E-state index contributed by atoms with van der Waals surface area (Å²) >= 11 is 1.51. The van der Waals surface area contributed by atoms with Crippen LogP contribution >= 0.6 is 11.3 Å². The van der Waals surface area contributed by atoms with Crippen molar-refractivity contribution in [2.45, 2.75) is 99.7 Å². The molecule has 2 aromatic rings. The minimum atomic E-state index is -0.131. The SMILES string of the molecule is C=C/C=C\c1c(-c2csc(/C(C)=C/C(=C\NC=O)C(C)=O)n2)c[nH]c1C.CCC.CCCC(C)(C)OC(CC)COC. The maximum absolute atomic E-state index is 11.7. The highest BCUT2D eigenvalue weighted by Crippen LogP contribution is 2.31. The van der Waals surface area contributed by atoms with Crippen LogP contribution in [0.4, 0.5) is 0 Å². The number of ketones is 1. The number of methoxy groups -OCH3 is 1. The van der Waals surface area contributed by atoms with Crippen LogP contribution in [-0.4, -0.2) is 47.6 Å². The zero-order valence-electron chi connectivity index (χ0n) is 27.4. The highest BCUT2D eigenvalue weighted by atomic mass is 32.1. The molecule has 0 saturated carbocycles. The van der Waals surface area contributed by atoms with Crippen LogP contribution in [0.3, 0.4) is 0 Å². The second-order valence-electron chi connectivity index (χ2n) is 10.5. The smallest absolute Gasteiger partial charge is 0.211 e. The molecule has 7 nitrogen and oxygen atoms in total. The first-order chi connectivity index (χ1) is 19.9. The second-order valence-corrected chi connectivity index (χ2v) is 11.3. The summed E-state index contributed by atoms with van der Waals surface area (Å²) in [5, 5.41) is 5.21. The predicted octanol–water partition coefficient (Wildman–Crippen LogP) is 8.69. The van der Waals surface area contributed by atoms with Crippen LogP contribution in [0.2, 0.25) is 0 Å². The number of hydrogen-bond acceptors (Lipinski definition) is 6. The number of rotatable bonds is 15. The molecule has 0 aliphatic rings. The van der Waals surface area contributed by atoms with E-state index in [4.69, 9.17) is 14.5 Å². The van der Waals surface area contributed by atoms with Crippen LogP contribution in [-0.2, 0) is 19.1 Å². The quantitative estimate of drug-likeness (QED) is 0.121. The normalized spacial score (nSPS) is 12.6. The molecule has 0 radical (unpaired) electrons. The number of amides is 1. The van der Waals surface area contributed by atoms with E-state index in [1.807, 2.05) is 37.6 Å². The van der Waals surface area contributed by atoms with E-state index < -0.39 is 0 Å². The first-order valence-corrected chi connectivity index (χ1v) is 15.5. The molecule has 234 valence electrons. The minimum absolute atomic E-state index is 0.00600. The molecule has 1 unspecified atom stereocenters. The van der Waals surface area contributed by atoms with Crippen LogP contribution in [0.5, 0.6) is 0 Å². The molecule has 0 spiro atoms. The van der Waals surface area contributed by atoms with Crippen molar-refractivity contribution in [1.29, 1.82) is 0 Å². The van der Waals surface area contributed by atoms with Gasteiger partial charge in [0.2, 0.25) is 6.41 Å². The molecule has 0 fully saturated rings. The third kappa shape index (κ3) is 14.7. The number of nitrogens with one attached hydrogen (secondary N) is 2. The predicted molar refractivity (Wildman–Crippen MR) is 179 cm³/mol. The first kappa shape index (κ1) is 38.9. The van der Waals surface area contributed by atoms with Gasteiger partial charge in [0.1, 0.15) is 5.01 Å². The Morgan fingerprint density at radius 2 is 1.90 bits per heavy atom. The van der Waals surface area contributed by atoms with Crippen molar-refractivity contribution in [2.24, 2.45) is 0 Å².